The number of nitrogens with one attached hydrogen (secondary N) is 1. The number of benzene rings is 2. The standard InChI is InChI=1S/C15H12N2O6S3/c18-23-10-3-1-9(2-4-10)17-26(19,20)8-24-15-16-11-5-12-13(22-7-21-12)6-14(11)25-15/h1-6,17-18H,7-8H2. The van der Waals surface area contributed by atoms with Crippen molar-refractivity contribution in [2.24, 2.45) is 0 Å². The van der Waals surface area contributed by atoms with Gasteiger partial charge >= 0.3 is 0 Å². The van der Waals surface area contributed by atoms with Gasteiger partial charge in [-0.15, -0.1) is 11.3 Å². The van der Waals surface area contributed by atoms with Crippen LogP contribution in [0.3, 0.4) is 0 Å². The van der Waals surface area contributed by atoms with Crippen LogP contribution in [0.25, 0.3) is 10.2 Å². The first-order valence-corrected chi connectivity index (χ1v) is 10.7. The summed E-state index contributed by atoms with van der Waals surface area (Å²) in [7, 11) is -3.57. The molecule has 2 heterocycles. The number of fused-ring (bicyclic) bond motifs is 2. The van der Waals surface area contributed by atoms with Gasteiger partial charge in [0.05, 0.1) is 10.2 Å². The van der Waals surface area contributed by atoms with Gasteiger partial charge in [0.1, 0.15) is 5.08 Å². The molecule has 3 aromatic rings. The van der Waals surface area contributed by atoms with E-state index in [9.17, 15) is 8.42 Å². The molecule has 1 aliphatic rings. The molecule has 26 heavy (non-hydrogen) atoms. The molecule has 8 nitrogen and oxygen atoms in total. The summed E-state index contributed by atoms with van der Waals surface area (Å²) in [6, 6.07) is 9.51. The molecule has 2 aromatic carbocycles. The van der Waals surface area contributed by atoms with Crippen LogP contribution in [-0.2, 0) is 10.0 Å². The lowest BCUT2D eigenvalue weighted by Crippen LogP contribution is -2.14. The maximum absolute atomic E-state index is 12.2. The number of nitrogens with zero attached hydrogens (tertiary/aromatic N) is 1. The van der Waals surface area contributed by atoms with Crippen LogP contribution in [-0.4, -0.2) is 30.5 Å². The predicted molar refractivity (Wildman–Crippen MR) is 98.7 cm³/mol. The summed E-state index contributed by atoms with van der Waals surface area (Å²) in [5.74, 6) is 1.53. The average molecular weight is 412 g/mol. The van der Waals surface area contributed by atoms with Gasteiger partial charge in [-0.25, -0.2) is 18.7 Å². The fraction of sp³-hybridized carbons (Fsp3) is 0.133. The molecule has 1 aromatic heterocycles. The lowest BCUT2D eigenvalue weighted by Gasteiger charge is -2.07. The summed E-state index contributed by atoms with van der Waals surface area (Å²) >= 11 is 2.52. The van der Waals surface area contributed by atoms with E-state index < -0.39 is 10.0 Å². The van der Waals surface area contributed by atoms with Crippen LogP contribution < -0.4 is 19.1 Å². The SMILES string of the molecule is O=S(=O)(CSc1nc2cc3c(cc2s1)OCO3)Nc1ccc(OO)cc1. The third-order valence-corrected chi connectivity index (χ3v) is 7.45. The lowest BCUT2D eigenvalue weighted by molar-refractivity contribution is -0.137. The van der Waals surface area contributed by atoms with Gasteiger partial charge in [-0.3, -0.25) is 4.72 Å². The zero-order valence-corrected chi connectivity index (χ0v) is 15.5. The topological polar surface area (TPSA) is 107 Å². The van der Waals surface area contributed by atoms with Crippen molar-refractivity contribution < 1.29 is 28.0 Å². The molecule has 0 saturated heterocycles. The van der Waals surface area contributed by atoms with E-state index in [4.69, 9.17) is 14.7 Å². The average Bonchev–Trinajstić information content (AvgIpc) is 3.23. The Kier molecular flexibility index (Phi) is 4.53. The van der Waals surface area contributed by atoms with Crippen molar-refractivity contribution in [3.05, 3.63) is 36.4 Å². The summed E-state index contributed by atoms with van der Waals surface area (Å²) in [6.45, 7) is 0.198. The summed E-state index contributed by atoms with van der Waals surface area (Å²) in [5.41, 5.74) is 1.12. The van der Waals surface area contributed by atoms with Gasteiger partial charge in [0.2, 0.25) is 16.8 Å². The Morgan fingerprint density at radius 2 is 1.96 bits per heavy atom. The van der Waals surface area contributed by atoms with Crippen molar-refractivity contribution in [2.75, 3.05) is 16.6 Å². The molecule has 0 atom stereocenters. The minimum absolute atomic E-state index is 0.183. The Morgan fingerprint density at radius 3 is 2.69 bits per heavy atom. The first kappa shape index (κ1) is 17.2. The third-order valence-electron chi connectivity index (χ3n) is 3.43. The van der Waals surface area contributed by atoms with E-state index >= 15 is 0 Å². The highest BCUT2D eigenvalue weighted by Gasteiger charge is 2.18. The van der Waals surface area contributed by atoms with E-state index in [0.717, 1.165) is 22.0 Å². The number of sulfonamides is 1. The van der Waals surface area contributed by atoms with Crippen molar-refractivity contribution in [2.45, 2.75) is 4.34 Å². The minimum Gasteiger partial charge on any atom is -0.454 e. The van der Waals surface area contributed by atoms with E-state index in [1.807, 2.05) is 6.07 Å². The highest BCUT2D eigenvalue weighted by atomic mass is 32.3. The van der Waals surface area contributed by atoms with E-state index in [1.54, 1.807) is 6.07 Å². The molecule has 0 unspecified atom stereocenters. The van der Waals surface area contributed by atoms with Crippen molar-refractivity contribution in [1.29, 1.82) is 0 Å². The lowest BCUT2D eigenvalue weighted by atomic mass is 10.3. The Balaban J connectivity index is 1.44. The van der Waals surface area contributed by atoms with E-state index in [1.165, 1.54) is 35.6 Å². The van der Waals surface area contributed by atoms with Gasteiger partial charge in [0.15, 0.2) is 21.6 Å². The molecule has 2 N–H and O–H groups in total. The van der Waals surface area contributed by atoms with E-state index in [0.29, 0.717) is 21.5 Å². The van der Waals surface area contributed by atoms with Crippen LogP contribution in [0.1, 0.15) is 0 Å². The van der Waals surface area contributed by atoms with Crippen molar-refractivity contribution >= 4 is 49.0 Å². The largest absolute Gasteiger partial charge is 0.454 e. The van der Waals surface area contributed by atoms with Crippen molar-refractivity contribution in [3.63, 3.8) is 0 Å². The van der Waals surface area contributed by atoms with Crippen LogP contribution in [0.2, 0.25) is 0 Å². The van der Waals surface area contributed by atoms with Gasteiger partial charge < -0.3 is 14.4 Å². The Morgan fingerprint density at radius 1 is 1.23 bits per heavy atom. The Bertz CT molecular complexity index is 1010. The second-order valence-electron chi connectivity index (χ2n) is 5.25. The van der Waals surface area contributed by atoms with Gasteiger partial charge in [0, 0.05) is 17.8 Å². The van der Waals surface area contributed by atoms with Gasteiger partial charge in [-0.1, -0.05) is 11.8 Å². The van der Waals surface area contributed by atoms with Crippen LogP contribution in [0.15, 0.2) is 40.7 Å². The van der Waals surface area contributed by atoms with Crippen LogP contribution >= 0.6 is 23.1 Å². The summed E-state index contributed by atoms with van der Waals surface area (Å²) in [6.07, 6.45) is 0. The molecule has 0 aliphatic carbocycles. The first-order valence-electron chi connectivity index (χ1n) is 7.27. The van der Waals surface area contributed by atoms with Crippen molar-refractivity contribution in [1.82, 2.24) is 4.98 Å². The molecule has 11 heteroatoms. The maximum Gasteiger partial charge on any atom is 0.242 e. The highest BCUT2D eigenvalue weighted by Crippen LogP contribution is 2.39. The minimum atomic E-state index is -3.57. The summed E-state index contributed by atoms with van der Waals surface area (Å²) < 4.78 is 39.1. The zero-order valence-electron chi connectivity index (χ0n) is 13.0. The molecular weight excluding hydrogens is 400 g/mol. The first-order chi connectivity index (χ1) is 12.5. The molecule has 0 radical (unpaired) electrons. The highest BCUT2D eigenvalue weighted by molar-refractivity contribution is 8.13. The second-order valence-corrected chi connectivity index (χ2v) is 9.59. The zero-order chi connectivity index (χ0) is 18.1. The molecule has 1 aliphatic heterocycles. The third kappa shape index (κ3) is 3.65. The number of ether oxygens (including phenoxy) is 2. The number of anilines is 1. The number of thioether (sulfide) groups is 1. The molecule has 0 saturated carbocycles. The van der Waals surface area contributed by atoms with E-state index in [2.05, 4.69) is 14.6 Å². The van der Waals surface area contributed by atoms with Crippen LogP contribution in [0.4, 0.5) is 5.69 Å². The maximum atomic E-state index is 12.2. The number of hydrogen-bond acceptors (Lipinski definition) is 9. The fourth-order valence-corrected chi connectivity index (χ4v) is 5.84. The number of aromatic nitrogens is 1. The van der Waals surface area contributed by atoms with Gasteiger partial charge in [-0.2, -0.15) is 0 Å². The molecule has 0 spiro atoms. The van der Waals surface area contributed by atoms with Crippen LogP contribution in [0, 0.1) is 0 Å². The molecule has 0 bridgehead atoms. The monoisotopic (exact) mass is 412 g/mol. The molecule has 136 valence electrons. The summed E-state index contributed by atoms with van der Waals surface area (Å²) in [5, 5.41) is 8.34. The second kappa shape index (κ2) is 6.83. The summed E-state index contributed by atoms with van der Waals surface area (Å²) in [4.78, 5) is 8.49. The molecule has 0 amide bonds. The molecule has 4 rings (SSSR count). The Hall–Kier alpha value is -2.21. The number of hydrogen-bond donors (Lipinski definition) is 2. The Labute approximate surface area is 156 Å². The molecule has 0 fully saturated rings. The van der Waals surface area contributed by atoms with Gasteiger partial charge in [0.25, 0.3) is 0 Å². The predicted octanol–water partition coefficient (Wildman–Crippen LogP) is 3.37. The van der Waals surface area contributed by atoms with Gasteiger partial charge in [-0.05, 0) is 24.3 Å². The van der Waals surface area contributed by atoms with Crippen LogP contribution in [0.5, 0.6) is 17.2 Å². The normalized spacial score (nSPS) is 13.1. The number of rotatable bonds is 6. The molecular formula is C15H12N2O6S3. The fourth-order valence-electron chi connectivity index (χ4n) is 2.28. The van der Waals surface area contributed by atoms with Crippen molar-refractivity contribution in [3.8, 4) is 17.2 Å². The smallest absolute Gasteiger partial charge is 0.242 e. The number of thiazole rings is 1. The quantitative estimate of drug-likeness (QED) is 0.361. The van der Waals surface area contributed by atoms with E-state index in [-0.39, 0.29) is 17.6 Å².